The molecule has 0 saturated carbocycles. The zero-order valence-corrected chi connectivity index (χ0v) is 18.1. The molecule has 33 heavy (non-hydrogen) atoms. The van der Waals surface area contributed by atoms with Crippen molar-refractivity contribution in [2.45, 2.75) is 31.5 Å². The number of carbonyl (C=O) groups excluding carboxylic acids is 2. The lowest BCUT2D eigenvalue weighted by Gasteiger charge is -2.20. The Balaban J connectivity index is 1.66. The van der Waals surface area contributed by atoms with Crippen LogP contribution >= 0.6 is 0 Å². The van der Waals surface area contributed by atoms with Crippen molar-refractivity contribution in [3.63, 3.8) is 0 Å². The highest BCUT2D eigenvalue weighted by Crippen LogP contribution is 2.32. The van der Waals surface area contributed by atoms with E-state index in [-0.39, 0.29) is 18.5 Å². The molecule has 1 fully saturated rings. The van der Waals surface area contributed by atoms with Gasteiger partial charge in [-0.25, -0.2) is 4.79 Å². The summed E-state index contributed by atoms with van der Waals surface area (Å²) in [6.07, 6.45) is 2.20. The maximum absolute atomic E-state index is 12.7. The van der Waals surface area contributed by atoms with Crippen LogP contribution in [0.3, 0.4) is 0 Å². The molecule has 0 spiro atoms. The molecule has 3 aromatic rings. The van der Waals surface area contributed by atoms with Crippen LogP contribution in [0.15, 0.2) is 53.8 Å². The van der Waals surface area contributed by atoms with Crippen molar-refractivity contribution in [3.05, 3.63) is 64.7 Å². The lowest BCUT2D eigenvalue weighted by molar-refractivity contribution is -0.122. The highest BCUT2D eigenvalue weighted by molar-refractivity contribution is 6.09. The number of urea groups is 1. The maximum atomic E-state index is 12.7. The fraction of sp³-hybridized carbons (Fsp3) is 0.250. The maximum Gasteiger partial charge on any atom is 0.323 e. The number of methoxy groups -OCH3 is 1. The number of nitrogens with one attached hydrogen (secondary N) is 2. The summed E-state index contributed by atoms with van der Waals surface area (Å²) in [5.74, 6) is 5.74. The normalized spacial score (nSPS) is 18.2. The highest BCUT2D eigenvalue weighted by Gasteiger charge is 2.46. The third kappa shape index (κ3) is 4.36. The number of ether oxygens (including phenoxy) is 1. The van der Waals surface area contributed by atoms with Crippen LogP contribution in [-0.2, 0) is 17.8 Å². The number of imide groups is 1. The summed E-state index contributed by atoms with van der Waals surface area (Å²) in [5.41, 5.74) is 0.00144. The predicted molar refractivity (Wildman–Crippen MR) is 122 cm³/mol. The van der Waals surface area contributed by atoms with E-state index in [9.17, 15) is 19.6 Å². The number of aromatic nitrogens is 1. The lowest BCUT2D eigenvalue weighted by Crippen LogP contribution is -2.49. The van der Waals surface area contributed by atoms with Gasteiger partial charge in [0.15, 0.2) is 5.88 Å². The van der Waals surface area contributed by atoms with Gasteiger partial charge in [-0.3, -0.25) is 10.1 Å². The minimum Gasteiger partial charge on any atom is -0.497 e. The van der Waals surface area contributed by atoms with Crippen LogP contribution in [0.25, 0.3) is 10.8 Å². The molecular weight excluding hydrogens is 424 g/mol. The lowest BCUT2D eigenvalue weighted by atomic mass is 9.99. The first-order chi connectivity index (χ1) is 15.8. The van der Waals surface area contributed by atoms with Crippen LogP contribution in [0.2, 0.25) is 0 Å². The van der Waals surface area contributed by atoms with Gasteiger partial charge < -0.3 is 19.7 Å². The highest BCUT2D eigenvalue weighted by atomic mass is 16.5. The molecule has 1 saturated heterocycles. The smallest absolute Gasteiger partial charge is 0.323 e. The first kappa shape index (κ1) is 21.9. The summed E-state index contributed by atoms with van der Waals surface area (Å²) in [7, 11) is 1.53. The molecule has 1 aliphatic rings. The summed E-state index contributed by atoms with van der Waals surface area (Å²) >= 11 is 0. The Morgan fingerprint density at radius 1 is 1.21 bits per heavy atom. The monoisotopic (exact) mass is 446 g/mol. The van der Waals surface area contributed by atoms with Crippen molar-refractivity contribution in [2.75, 3.05) is 7.11 Å². The number of benzene rings is 2. The average Bonchev–Trinajstić information content (AvgIpc) is 3.27. The van der Waals surface area contributed by atoms with Crippen molar-refractivity contribution >= 4 is 22.7 Å². The third-order valence-corrected chi connectivity index (χ3v) is 5.50. The summed E-state index contributed by atoms with van der Waals surface area (Å²) in [6.45, 7) is 1.64. The zero-order chi connectivity index (χ0) is 23.6. The predicted octanol–water partition coefficient (Wildman–Crippen LogP) is 2.68. The first-order valence-electron chi connectivity index (χ1n) is 10.3. The van der Waals surface area contributed by atoms with Gasteiger partial charge in [-0.2, -0.15) is 4.91 Å². The molecule has 168 valence electrons. The van der Waals surface area contributed by atoms with Gasteiger partial charge in [0, 0.05) is 22.5 Å². The molecule has 1 aliphatic heterocycles. The van der Waals surface area contributed by atoms with E-state index in [2.05, 4.69) is 27.7 Å². The second kappa shape index (κ2) is 8.67. The van der Waals surface area contributed by atoms with Crippen molar-refractivity contribution in [3.8, 4) is 23.5 Å². The minimum atomic E-state index is -1.57. The van der Waals surface area contributed by atoms with Gasteiger partial charge in [0.1, 0.15) is 5.75 Å². The molecule has 9 nitrogen and oxygen atoms in total. The molecule has 3 amide bonds. The van der Waals surface area contributed by atoms with Gasteiger partial charge in [0.2, 0.25) is 5.54 Å². The fourth-order valence-corrected chi connectivity index (χ4v) is 3.74. The Bertz CT molecular complexity index is 1300. The summed E-state index contributed by atoms with van der Waals surface area (Å²) in [5, 5.41) is 19.9. The Morgan fingerprint density at radius 3 is 2.61 bits per heavy atom. The van der Waals surface area contributed by atoms with Crippen LogP contribution in [0.1, 0.15) is 18.1 Å². The first-order valence-corrected chi connectivity index (χ1v) is 10.3. The van der Waals surface area contributed by atoms with Crippen LogP contribution in [-0.4, -0.2) is 40.3 Å². The molecule has 3 N–H and O–H groups in total. The molecule has 0 bridgehead atoms. The van der Waals surface area contributed by atoms with E-state index in [1.54, 1.807) is 43.5 Å². The van der Waals surface area contributed by atoms with Crippen molar-refractivity contribution in [2.24, 2.45) is 5.18 Å². The number of fused-ring (bicyclic) bond motifs is 1. The van der Waals surface area contributed by atoms with Crippen molar-refractivity contribution in [1.29, 1.82) is 0 Å². The quantitative estimate of drug-likeness (QED) is 0.305. The number of rotatable bonds is 6. The second-order valence-electron chi connectivity index (χ2n) is 7.95. The van der Waals surface area contributed by atoms with E-state index in [1.807, 2.05) is 12.1 Å². The molecule has 9 heteroatoms. The molecule has 4 rings (SSSR count). The summed E-state index contributed by atoms with van der Waals surface area (Å²) in [6, 6.07) is 11.5. The summed E-state index contributed by atoms with van der Waals surface area (Å²) < 4.78 is 6.68. The Hall–Kier alpha value is -4.32. The van der Waals surface area contributed by atoms with Crippen LogP contribution < -0.4 is 15.4 Å². The van der Waals surface area contributed by atoms with Crippen LogP contribution in [0.4, 0.5) is 4.79 Å². The average molecular weight is 446 g/mol. The third-order valence-electron chi connectivity index (χ3n) is 5.50. The van der Waals surface area contributed by atoms with Crippen LogP contribution in [0, 0.1) is 16.7 Å². The molecular formula is C24H22N4O5. The topological polar surface area (TPSA) is 122 Å². The molecule has 1 unspecified atom stereocenters. The number of carbonyl (C=O) groups is 2. The number of amides is 3. The number of hydrogen-bond donors (Lipinski definition) is 3. The van der Waals surface area contributed by atoms with E-state index < -0.39 is 17.5 Å². The summed E-state index contributed by atoms with van der Waals surface area (Å²) in [4.78, 5) is 35.3. The zero-order valence-electron chi connectivity index (χ0n) is 18.1. The van der Waals surface area contributed by atoms with E-state index in [4.69, 9.17) is 4.74 Å². The van der Waals surface area contributed by atoms with Gasteiger partial charge in [-0.05, 0) is 49.2 Å². The SMILES string of the molecule is COc1ccc2cn(C[C@@]3(C#Cc4ccc(CC(C)N=O)cc4)NC(=O)NC3=O)c(O)c2c1. The molecule has 0 radical (unpaired) electrons. The Kier molecular flexibility index (Phi) is 5.75. The van der Waals surface area contributed by atoms with Gasteiger partial charge in [0.05, 0.1) is 19.7 Å². The van der Waals surface area contributed by atoms with Gasteiger partial charge in [-0.15, -0.1) is 0 Å². The number of aromatic hydroxyl groups is 1. The Labute approximate surface area is 189 Å². The minimum absolute atomic E-state index is 0.0683. The molecule has 1 aromatic heterocycles. The van der Waals surface area contributed by atoms with E-state index in [0.29, 0.717) is 23.1 Å². The molecule has 2 heterocycles. The fourth-order valence-electron chi connectivity index (χ4n) is 3.74. The van der Waals surface area contributed by atoms with Crippen molar-refractivity contribution in [1.82, 2.24) is 15.2 Å². The number of nitroso groups, excluding NO2 is 1. The number of hydrogen-bond acceptors (Lipinski definition) is 6. The van der Waals surface area contributed by atoms with Crippen molar-refractivity contribution < 1.29 is 19.4 Å². The van der Waals surface area contributed by atoms with E-state index >= 15 is 0 Å². The van der Waals surface area contributed by atoms with E-state index in [1.165, 1.54) is 11.7 Å². The van der Waals surface area contributed by atoms with Gasteiger partial charge in [-0.1, -0.05) is 29.2 Å². The largest absolute Gasteiger partial charge is 0.497 e. The van der Waals surface area contributed by atoms with Gasteiger partial charge in [0.25, 0.3) is 5.91 Å². The molecule has 2 aromatic carbocycles. The number of nitrogens with zero attached hydrogens (tertiary/aromatic N) is 2. The Morgan fingerprint density at radius 2 is 1.97 bits per heavy atom. The molecule has 0 aliphatic carbocycles. The molecule has 2 atom stereocenters. The van der Waals surface area contributed by atoms with E-state index in [0.717, 1.165) is 10.9 Å². The second-order valence-corrected chi connectivity index (χ2v) is 7.95. The standard InChI is InChI=1S/C24H22N4O5/c1-15(27-32)11-17-5-3-16(4-6-17)9-10-24(22(30)25-23(31)26-24)14-28-13-18-7-8-19(33-2)12-20(18)21(28)29/h3-8,12-13,15,29H,11,14H2,1-2H3,(H2,25,26,30,31)/t15?,24-/m1/s1. The van der Waals surface area contributed by atoms with Gasteiger partial charge >= 0.3 is 6.03 Å². The van der Waals surface area contributed by atoms with Crippen LogP contribution in [0.5, 0.6) is 11.6 Å².